The van der Waals surface area contributed by atoms with Crippen molar-refractivity contribution >= 4 is 11.9 Å². The summed E-state index contributed by atoms with van der Waals surface area (Å²) >= 11 is 0. The highest BCUT2D eigenvalue weighted by molar-refractivity contribution is 5.94. The molecule has 8 heteroatoms. The van der Waals surface area contributed by atoms with Gasteiger partial charge in [-0.1, -0.05) is 0 Å². The van der Waals surface area contributed by atoms with Crippen LogP contribution >= 0.6 is 0 Å². The molecular weight excluding hydrogens is 299 g/mol. The van der Waals surface area contributed by atoms with Gasteiger partial charge in [0, 0.05) is 31.7 Å². The molecule has 3 amide bonds. The Balaban J connectivity index is 1.71. The van der Waals surface area contributed by atoms with E-state index < -0.39 is 11.7 Å². The molecule has 1 N–H and O–H groups in total. The quantitative estimate of drug-likeness (QED) is 0.855. The maximum Gasteiger partial charge on any atom is 0.416 e. The summed E-state index contributed by atoms with van der Waals surface area (Å²) in [7, 11) is 0. The van der Waals surface area contributed by atoms with E-state index in [0.29, 0.717) is 26.2 Å². The standard InChI is InChI=1S/C14H14F3N3O2/c15-14(16,17)10-3-1-9(2-4-10)12(21)19-5-6-20-11(8-19)7-18-13(20)22/h1-4,11H,5-8H2,(H,18,22)/t11-/m0/s1. The highest BCUT2D eigenvalue weighted by Gasteiger charge is 2.37. The SMILES string of the molecule is O=C(c1ccc(C(F)(F)F)cc1)N1CCN2C(=O)NC[C@H]2C1. The fourth-order valence-electron chi connectivity index (χ4n) is 2.77. The molecule has 0 saturated carbocycles. The Morgan fingerprint density at radius 2 is 1.86 bits per heavy atom. The molecule has 3 rings (SSSR count). The van der Waals surface area contributed by atoms with Gasteiger partial charge in [0.1, 0.15) is 0 Å². The van der Waals surface area contributed by atoms with Crippen molar-refractivity contribution in [3.05, 3.63) is 35.4 Å². The number of amides is 3. The second-order valence-corrected chi connectivity index (χ2v) is 5.36. The lowest BCUT2D eigenvalue weighted by Crippen LogP contribution is -2.53. The number of nitrogens with one attached hydrogen (secondary N) is 1. The molecule has 1 aromatic carbocycles. The van der Waals surface area contributed by atoms with Gasteiger partial charge in [-0.15, -0.1) is 0 Å². The number of rotatable bonds is 1. The van der Waals surface area contributed by atoms with E-state index >= 15 is 0 Å². The maximum atomic E-state index is 12.5. The van der Waals surface area contributed by atoms with Gasteiger partial charge < -0.3 is 15.1 Å². The minimum Gasteiger partial charge on any atom is -0.336 e. The van der Waals surface area contributed by atoms with Crippen LogP contribution in [-0.4, -0.2) is 54.0 Å². The number of piperazine rings is 1. The van der Waals surface area contributed by atoms with Crippen molar-refractivity contribution in [3.63, 3.8) is 0 Å². The van der Waals surface area contributed by atoms with Crippen LogP contribution in [0.15, 0.2) is 24.3 Å². The van der Waals surface area contributed by atoms with E-state index in [1.54, 1.807) is 9.80 Å². The lowest BCUT2D eigenvalue weighted by Gasteiger charge is -2.36. The van der Waals surface area contributed by atoms with E-state index in [1.807, 2.05) is 0 Å². The number of fused-ring (bicyclic) bond motifs is 1. The van der Waals surface area contributed by atoms with Crippen LogP contribution < -0.4 is 5.32 Å². The van der Waals surface area contributed by atoms with Gasteiger partial charge in [-0.3, -0.25) is 4.79 Å². The zero-order valence-electron chi connectivity index (χ0n) is 11.6. The first-order chi connectivity index (χ1) is 10.4. The van der Waals surface area contributed by atoms with Crippen LogP contribution in [0.1, 0.15) is 15.9 Å². The number of carbonyl (C=O) groups excluding carboxylic acids is 2. The molecule has 0 aliphatic carbocycles. The van der Waals surface area contributed by atoms with Crippen LogP contribution in [0.3, 0.4) is 0 Å². The van der Waals surface area contributed by atoms with Gasteiger partial charge in [-0.05, 0) is 24.3 Å². The maximum absolute atomic E-state index is 12.5. The number of benzene rings is 1. The molecule has 2 aliphatic rings. The van der Waals surface area contributed by atoms with Crippen molar-refractivity contribution in [1.82, 2.24) is 15.1 Å². The summed E-state index contributed by atoms with van der Waals surface area (Å²) in [5.74, 6) is -0.312. The largest absolute Gasteiger partial charge is 0.416 e. The second-order valence-electron chi connectivity index (χ2n) is 5.36. The zero-order chi connectivity index (χ0) is 15.9. The van der Waals surface area contributed by atoms with Crippen molar-refractivity contribution in [3.8, 4) is 0 Å². The smallest absolute Gasteiger partial charge is 0.336 e. The fraction of sp³-hybridized carbons (Fsp3) is 0.429. The van der Waals surface area contributed by atoms with Gasteiger partial charge >= 0.3 is 12.2 Å². The molecule has 5 nitrogen and oxygen atoms in total. The first-order valence-electron chi connectivity index (χ1n) is 6.87. The summed E-state index contributed by atoms with van der Waals surface area (Å²) in [5.41, 5.74) is -0.557. The van der Waals surface area contributed by atoms with E-state index in [9.17, 15) is 22.8 Å². The third-order valence-corrected chi connectivity index (χ3v) is 3.98. The van der Waals surface area contributed by atoms with E-state index in [1.165, 1.54) is 12.1 Å². The molecular formula is C14H14F3N3O2. The molecule has 2 fully saturated rings. The van der Waals surface area contributed by atoms with Crippen LogP contribution in [0.25, 0.3) is 0 Å². The summed E-state index contributed by atoms with van der Waals surface area (Å²) in [5, 5.41) is 2.71. The summed E-state index contributed by atoms with van der Waals surface area (Å²) < 4.78 is 37.6. The number of carbonyl (C=O) groups is 2. The van der Waals surface area contributed by atoms with Crippen LogP contribution in [0.5, 0.6) is 0 Å². The van der Waals surface area contributed by atoms with E-state index in [-0.39, 0.29) is 23.5 Å². The highest BCUT2D eigenvalue weighted by Crippen LogP contribution is 2.29. The first-order valence-corrected chi connectivity index (χ1v) is 6.87. The predicted octanol–water partition coefficient (Wildman–Crippen LogP) is 1.55. The van der Waals surface area contributed by atoms with Crippen molar-refractivity contribution in [2.45, 2.75) is 12.2 Å². The van der Waals surface area contributed by atoms with Crippen LogP contribution in [0, 0.1) is 0 Å². The lowest BCUT2D eigenvalue weighted by atomic mass is 10.1. The number of hydrogen-bond acceptors (Lipinski definition) is 2. The molecule has 0 radical (unpaired) electrons. The Labute approximate surface area is 124 Å². The minimum atomic E-state index is -4.41. The average Bonchev–Trinajstić information content (AvgIpc) is 2.87. The molecule has 1 aromatic rings. The van der Waals surface area contributed by atoms with Crippen LogP contribution in [0.2, 0.25) is 0 Å². The third-order valence-electron chi connectivity index (χ3n) is 3.98. The lowest BCUT2D eigenvalue weighted by molar-refractivity contribution is -0.137. The van der Waals surface area contributed by atoms with E-state index in [2.05, 4.69) is 5.32 Å². The molecule has 0 bridgehead atoms. The van der Waals surface area contributed by atoms with Crippen molar-refractivity contribution in [2.75, 3.05) is 26.2 Å². The molecule has 0 spiro atoms. The third kappa shape index (κ3) is 2.60. The number of alkyl halides is 3. The zero-order valence-corrected chi connectivity index (χ0v) is 11.6. The molecule has 2 aliphatic heterocycles. The van der Waals surface area contributed by atoms with Crippen molar-refractivity contribution < 1.29 is 22.8 Å². The fourth-order valence-corrected chi connectivity index (χ4v) is 2.77. The minimum absolute atomic E-state index is 0.0698. The van der Waals surface area contributed by atoms with Crippen molar-refractivity contribution in [2.24, 2.45) is 0 Å². The molecule has 2 heterocycles. The Hall–Kier alpha value is -2.25. The van der Waals surface area contributed by atoms with Gasteiger partial charge in [0.05, 0.1) is 11.6 Å². The molecule has 0 aromatic heterocycles. The Morgan fingerprint density at radius 1 is 1.18 bits per heavy atom. The summed E-state index contributed by atoms with van der Waals surface area (Å²) in [6.45, 7) is 1.68. The molecule has 2 saturated heterocycles. The van der Waals surface area contributed by atoms with Crippen LogP contribution in [0.4, 0.5) is 18.0 Å². The first kappa shape index (κ1) is 14.7. The van der Waals surface area contributed by atoms with E-state index in [0.717, 1.165) is 12.1 Å². The second kappa shape index (κ2) is 5.19. The number of halogens is 3. The number of urea groups is 1. The van der Waals surface area contributed by atoms with Gasteiger partial charge in [0.15, 0.2) is 0 Å². The van der Waals surface area contributed by atoms with Gasteiger partial charge in [-0.2, -0.15) is 13.2 Å². The summed E-state index contributed by atoms with van der Waals surface area (Å²) in [6, 6.07) is 3.99. The van der Waals surface area contributed by atoms with Crippen molar-refractivity contribution in [1.29, 1.82) is 0 Å². The monoisotopic (exact) mass is 313 g/mol. The highest BCUT2D eigenvalue weighted by atomic mass is 19.4. The van der Waals surface area contributed by atoms with E-state index in [4.69, 9.17) is 0 Å². The Bertz CT molecular complexity index is 600. The number of nitrogens with zero attached hydrogens (tertiary/aromatic N) is 2. The van der Waals surface area contributed by atoms with Gasteiger partial charge in [0.2, 0.25) is 0 Å². The molecule has 0 unspecified atom stereocenters. The van der Waals surface area contributed by atoms with Gasteiger partial charge in [0.25, 0.3) is 5.91 Å². The summed E-state index contributed by atoms with van der Waals surface area (Å²) in [4.78, 5) is 27.1. The Kier molecular flexibility index (Phi) is 3.46. The van der Waals surface area contributed by atoms with Crippen LogP contribution in [-0.2, 0) is 6.18 Å². The molecule has 118 valence electrons. The normalized spacial score (nSPS) is 21.6. The molecule has 22 heavy (non-hydrogen) atoms. The number of hydrogen-bond donors (Lipinski definition) is 1. The topological polar surface area (TPSA) is 52.7 Å². The molecule has 1 atom stereocenters. The van der Waals surface area contributed by atoms with Gasteiger partial charge in [-0.25, -0.2) is 4.79 Å². The Morgan fingerprint density at radius 3 is 2.50 bits per heavy atom. The predicted molar refractivity (Wildman–Crippen MR) is 71.2 cm³/mol. The summed E-state index contributed by atoms with van der Waals surface area (Å²) in [6.07, 6.45) is -4.41. The average molecular weight is 313 g/mol.